The monoisotopic (exact) mass is 354 g/mol. The Morgan fingerprint density at radius 2 is 1.28 bits per heavy atom. The molecule has 0 aromatic heterocycles. The first kappa shape index (κ1) is 23.4. The van der Waals surface area contributed by atoms with E-state index >= 15 is 0 Å². The van der Waals surface area contributed by atoms with E-state index < -0.39 is 0 Å². The fourth-order valence-electron chi connectivity index (χ4n) is 1.77. The third kappa shape index (κ3) is 11.6. The van der Waals surface area contributed by atoms with Crippen molar-refractivity contribution in [2.24, 2.45) is 0 Å². The van der Waals surface area contributed by atoms with Gasteiger partial charge in [-0.25, -0.2) is 0 Å². The van der Waals surface area contributed by atoms with Gasteiger partial charge in [0.05, 0.1) is 13.2 Å². The number of ether oxygens (including phenoxy) is 2. The average Bonchev–Trinajstić information content (AvgIpc) is 2.58. The number of rotatable bonds is 8. The van der Waals surface area contributed by atoms with Gasteiger partial charge < -0.3 is 19.7 Å². The molecule has 2 aromatic rings. The topological polar surface area (TPSA) is 64.6 Å². The Kier molecular flexibility index (Phi) is 13.8. The minimum Gasteiger partial charge on any atom is -0.872 e. The fourth-order valence-corrected chi connectivity index (χ4v) is 1.77. The summed E-state index contributed by atoms with van der Waals surface area (Å²) in [5, 5.41) is 21.5. The van der Waals surface area contributed by atoms with Gasteiger partial charge >= 0.3 is 23.1 Å². The zero-order valence-electron chi connectivity index (χ0n) is 15.2. The van der Waals surface area contributed by atoms with Crippen molar-refractivity contribution in [2.45, 2.75) is 39.5 Å². The molecule has 0 spiro atoms. The molecule has 2 aromatic carbocycles. The second-order valence-electron chi connectivity index (χ2n) is 5.35. The van der Waals surface area contributed by atoms with Crippen LogP contribution in [-0.2, 0) is 0 Å². The first-order valence-corrected chi connectivity index (χ1v) is 8.45. The molecule has 2 rings (SSSR count). The third-order valence-corrected chi connectivity index (χ3v) is 3.16. The molecule has 0 aliphatic carbocycles. The van der Waals surface area contributed by atoms with Crippen molar-refractivity contribution in [1.82, 2.24) is 0 Å². The van der Waals surface area contributed by atoms with Gasteiger partial charge in [0.1, 0.15) is 11.5 Å². The van der Waals surface area contributed by atoms with Crippen LogP contribution >= 0.6 is 0 Å². The smallest absolute Gasteiger partial charge is 0.872 e. The molecule has 0 radical (unpaired) electrons. The summed E-state index contributed by atoms with van der Waals surface area (Å²) in [5.41, 5.74) is 0. The van der Waals surface area contributed by atoms with E-state index in [0.29, 0.717) is 12.4 Å². The summed E-state index contributed by atoms with van der Waals surface area (Å²) in [6, 6.07) is 13.0. The predicted molar refractivity (Wildman–Crippen MR) is 98.3 cm³/mol. The van der Waals surface area contributed by atoms with E-state index in [0.717, 1.165) is 38.0 Å². The van der Waals surface area contributed by atoms with Crippen LogP contribution in [0.1, 0.15) is 39.5 Å². The summed E-state index contributed by atoms with van der Waals surface area (Å²) in [4.78, 5) is 0. The molecule has 0 amide bonds. The van der Waals surface area contributed by atoms with E-state index in [4.69, 9.17) is 9.47 Å². The molecule has 0 aliphatic rings. The van der Waals surface area contributed by atoms with Gasteiger partial charge in [0.2, 0.25) is 0 Å². The molecule has 0 fully saturated rings. The first-order valence-electron chi connectivity index (χ1n) is 8.45. The van der Waals surface area contributed by atoms with Crippen LogP contribution in [0.4, 0.5) is 0 Å². The normalized spacial score (nSPS) is 9.36. The van der Waals surface area contributed by atoms with E-state index in [2.05, 4.69) is 13.8 Å². The Morgan fingerprint density at radius 3 is 1.80 bits per heavy atom. The van der Waals surface area contributed by atoms with Crippen molar-refractivity contribution < 1.29 is 19.7 Å². The first-order chi connectivity index (χ1) is 11.7. The maximum absolute atomic E-state index is 10.8. The molecule has 0 saturated carbocycles. The second kappa shape index (κ2) is 14.7. The molecule has 132 valence electrons. The van der Waals surface area contributed by atoms with Gasteiger partial charge in [0.15, 0.2) is 0 Å². The second-order valence-corrected chi connectivity index (χ2v) is 5.35. The summed E-state index contributed by atoms with van der Waals surface area (Å²) >= 11 is 0. The summed E-state index contributed by atoms with van der Waals surface area (Å²) in [6.45, 7) is 5.64. The minimum absolute atomic E-state index is 0. The van der Waals surface area contributed by atoms with Crippen LogP contribution in [0.15, 0.2) is 48.5 Å². The van der Waals surface area contributed by atoms with Crippen molar-refractivity contribution in [2.75, 3.05) is 13.2 Å². The van der Waals surface area contributed by atoms with Gasteiger partial charge in [-0.2, -0.15) is 0 Å². The molecular formula is C20H26MgO4. The molecule has 0 N–H and O–H groups in total. The molecule has 0 bridgehead atoms. The number of hydrogen-bond donors (Lipinski definition) is 0. The molecule has 4 nitrogen and oxygen atoms in total. The van der Waals surface area contributed by atoms with Gasteiger partial charge in [-0.15, -0.1) is 11.5 Å². The Hall–Kier alpha value is -1.59. The van der Waals surface area contributed by atoms with Crippen molar-refractivity contribution in [3.8, 4) is 23.0 Å². The molecule has 0 atom stereocenters. The van der Waals surface area contributed by atoms with Crippen LogP contribution in [0.5, 0.6) is 23.0 Å². The largest absolute Gasteiger partial charge is 2.00 e. The Balaban J connectivity index is 0.000000443. The fraction of sp³-hybridized carbons (Fsp3) is 0.400. The number of benzene rings is 2. The molecule has 0 unspecified atom stereocenters. The summed E-state index contributed by atoms with van der Waals surface area (Å²) in [7, 11) is 0. The zero-order valence-corrected chi connectivity index (χ0v) is 16.6. The molecule has 0 heterocycles. The van der Waals surface area contributed by atoms with Gasteiger partial charge in [-0.3, -0.25) is 0 Å². The van der Waals surface area contributed by atoms with E-state index in [1.54, 1.807) is 24.3 Å². The van der Waals surface area contributed by atoms with Crippen molar-refractivity contribution in [1.29, 1.82) is 0 Å². The zero-order chi connectivity index (χ0) is 17.6. The van der Waals surface area contributed by atoms with Crippen molar-refractivity contribution >= 4 is 23.1 Å². The van der Waals surface area contributed by atoms with Crippen LogP contribution in [-0.4, -0.2) is 36.3 Å². The van der Waals surface area contributed by atoms with E-state index in [9.17, 15) is 10.2 Å². The van der Waals surface area contributed by atoms with Crippen LogP contribution in [0.3, 0.4) is 0 Å². The van der Waals surface area contributed by atoms with Gasteiger partial charge in [0.25, 0.3) is 0 Å². The molecule has 25 heavy (non-hydrogen) atoms. The Morgan fingerprint density at radius 1 is 0.720 bits per heavy atom. The SMILES string of the molecule is CCCCOc1ccc([O-])cc1.CCCCOc1cccc([O-])c1.[Mg+2]. The van der Waals surface area contributed by atoms with Crippen molar-refractivity contribution in [3.63, 3.8) is 0 Å². The van der Waals surface area contributed by atoms with Gasteiger partial charge in [-0.05, 0) is 37.1 Å². The van der Waals surface area contributed by atoms with Gasteiger partial charge in [-0.1, -0.05) is 51.0 Å². The molecule has 5 heteroatoms. The van der Waals surface area contributed by atoms with E-state index in [1.807, 2.05) is 0 Å². The molecular weight excluding hydrogens is 329 g/mol. The van der Waals surface area contributed by atoms with Crippen LogP contribution in [0.25, 0.3) is 0 Å². The quantitative estimate of drug-likeness (QED) is 0.537. The molecule has 0 saturated heterocycles. The van der Waals surface area contributed by atoms with Crippen LogP contribution in [0, 0.1) is 0 Å². The Bertz CT molecular complexity index is 558. The van der Waals surface area contributed by atoms with Crippen LogP contribution in [0.2, 0.25) is 0 Å². The number of unbranched alkanes of at least 4 members (excludes halogenated alkanes) is 2. The summed E-state index contributed by atoms with van der Waals surface area (Å²) in [6.07, 6.45) is 4.32. The summed E-state index contributed by atoms with van der Waals surface area (Å²) < 4.78 is 10.7. The van der Waals surface area contributed by atoms with Gasteiger partial charge in [0, 0.05) is 0 Å². The van der Waals surface area contributed by atoms with Crippen LogP contribution < -0.4 is 19.7 Å². The maximum Gasteiger partial charge on any atom is 2.00 e. The molecule has 0 aliphatic heterocycles. The van der Waals surface area contributed by atoms with E-state index in [1.165, 1.54) is 24.3 Å². The number of hydrogen-bond acceptors (Lipinski definition) is 4. The minimum atomic E-state index is 0. The van der Waals surface area contributed by atoms with Crippen molar-refractivity contribution in [3.05, 3.63) is 48.5 Å². The van der Waals surface area contributed by atoms with E-state index in [-0.39, 0.29) is 34.6 Å². The predicted octanol–water partition coefficient (Wildman–Crippen LogP) is 3.50. The standard InChI is InChI=1S/2C10H14O2.Mg/c1-2-3-8-12-10-6-4-9(11)5-7-10;1-2-3-7-12-10-6-4-5-9(11)8-10;/h4-7,11H,2-3,8H2,1H3;4-6,8,11H,2-3,7H2,1H3;/q;;+2/p-2. The average molecular weight is 355 g/mol. The third-order valence-electron chi connectivity index (χ3n) is 3.16. The Labute approximate surface area is 166 Å². The summed E-state index contributed by atoms with van der Waals surface area (Å²) in [5.74, 6) is 1.49. The maximum atomic E-state index is 10.8.